The summed E-state index contributed by atoms with van der Waals surface area (Å²) in [5.41, 5.74) is 0. The van der Waals surface area contributed by atoms with Gasteiger partial charge in [-0.25, -0.2) is 12.5 Å². The third kappa shape index (κ3) is 6.54. The molecule has 0 unspecified atom stereocenters. The second-order valence-electron chi connectivity index (χ2n) is 4.27. The number of hydrogen-bond acceptors (Lipinski definition) is 14. The van der Waals surface area contributed by atoms with E-state index in [1.807, 2.05) is 0 Å². The highest BCUT2D eigenvalue weighted by molar-refractivity contribution is 7.82. The van der Waals surface area contributed by atoms with Crippen LogP contribution in [-0.2, 0) is 66.1 Å². The maximum Gasteiger partial charge on any atom is 0.444 e. The Bertz CT molecular complexity index is 764. The van der Waals surface area contributed by atoms with Crippen molar-refractivity contribution in [3.05, 3.63) is 0 Å². The molecule has 20 heteroatoms. The first-order chi connectivity index (χ1) is 11.9. The van der Waals surface area contributed by atoms with Crippen LogP contribution in [0.15, 0.2) is 0 Å². The van der Waals surface area contributed by atoms with Crippen LogP contribution in [0.3, 0.4) is 0 Å². The van der Waals surface area contributed by atoms with Crippen molar-refractivity contribution in [2.24, 2.45) is 0 Å². The molecule has 1 aliphatic rings. The highest BCUT2D eigenvalue weighted by Crippen LogP contribution is 2.27. The van der Waals surface area contributed by atoms with Crippen LogP contribution < -0.4 is 17.7 Å². The van der Waals surface area contributed by atoms with Gasteiger partial charge in [-0.2, -0.15) is 42.9 Å². The van der Waals surface area contributed by atoms with E-state index in [9.17, 15) is 25.3 Å². The summed E-state index contributed by atoms with van der Waals surface area (Å²) in [6.07, 6.45) is -7.26. The summed E-state index contributed by atoms with van der Waals surface area (Å²) < 4.78 is 104. The zero-order chi connectivity index (χ0) is 20.2. The van der Waals surface area contributed by atoms with Gasteiger partial charge in [-0.15, -0.1) is 0 Å². The Balaban J connectivity index is 3.30. The predicted octanol–water partition coefficient (Wildman–Crippen LogP) is -6.60. The first-order valence-electron chi connectivity index (χ1n) is 6.15. The van der Waals surface area contributed by atoms with Gasteiger partial charge < -0.3 is 9.47 Å². The molecule has 1 rings (SSSR count). The van der Waals surface area contributed by atoms with Crippen LogP contribution >= 0.6 is 0 Å². The molecule has 156 valence electrons. The normalized spacial score (nSPS) is 28.2. The molecule has 1 fully saturated rings. The van der Waals surface area contributed by atoms with E-state index in [-0.39, 0.29) is 0 Å². The van der Waals surface area contributed by atoms with Crippen molar-refractivity contribution in [3.63, 3.8) is 0 Å². The molecule has 0 aromatic rings. The Morgan fingerprint density at radius 3 is 1.62 bits per heavy atom. The Hall–Kier alpha value is -0.590. The molecular formula is C6H18N3O14S3+3. The van der Waals surface area contributed by atoms with Crippen molar-refractivity contribution in [1.82, 2.24) is 0 Å². The standard InChI is InChI=1S/C6H18N3O14S3/c1-16-6-5(20-26(14,15)23-9)4(19-25(12,13)22-8)3(2-17-6)18-24(10,11)21-7/h3-6H,2H2,1,7-9H3/q+3/t3-,4+,5-,6-/m1/s1. The monoisotopic (exact) mass is 452 g/mol. The molecular weight excluding hydrogens is 434 g/mol. The summed E-state index contributed by atoms with van der Waals surface area (Å²) in [6.45, 7) is -0.649. The third-order valence-electron chi connectivity index (χ3n) is 2.75. The minimum absolute atomic E-state index is 0.649. The number of rotatable bonds is 10. The first kappa shape index (κ1) is 23.4. The average Bonchev–Trinajstić information content (AvgIpc) is 2.57. The van der Waals surface area contributed by atoms with E-state index in [2.05, 4.69) is 43.1 Å². The molecule has 9 N–H and O–H groups in total. The molecule has 17 nitrogen and oxygen atoms in total. The predicted molar refractivity (Wildman–Crippen MR) is 70.0 cm³/mol. The van der Waals surface area contributed by atoms with Crippen molar-refractivity contribution in [3.8, 4) is 0 Å². The molecule has 0 saturated carbocycles. The van der Waals surface area contributed by atoms with Gasteiger partial charge in [-0.05, 0) is 0 Å². The molecule has 0 spiro atoms. The average molecular weight is 452 g/mol. The van der Waals surface area contributed by atoms with Gasteiger partial charge in [0.25, 0.3) is 0 Å². The lowest BCUT2D eigenvalue weighted by atomic mass is 10.1. The summed E-state index contributed by atoms with van der Waals surface area (Å²) in [5.74, 6) is 7.90. The van der Waals surface area contributed by atoms with Crippen LogP contribution in [0.2, 0.25) is 0 Å². The summed E-state index contributed by atoms with van der Waals surface area (Å²) in [6, 6.07) is 0. The van der Waals surface area contributed by atoms with Gasteiger partial charge in [0.2, 0.25) is 0 Å². The van der Waals surface area contributed by atoms with Crippen LogP contribution in [0.1, 0.15) is 0 Å². The van der Waals surface area contributed by atoms with E-state index in [0.29, 0.717) is 0 Å². The van der Waals surface area contributed by atoms with E-state index in [0.717, 1.165) is 7.11 Å². The smallest absolute Gasteiger partial charge is 0.353 e. The minimum Gasteiger partial charge on any atom is -0.353 e. The lowest BCUT2D eigenvalue weighted by Gasteiger charge is -2.38. The molecule has 1 saturated heterocycles. The summed E-state index contributed by atoms with van der Waals surface area (Å²) >= 11 is 0. The fourth-order valence-electron chi connectivity index (χ4n) is 1.75. The van der Waals surface area contributed by atoms with Crippen LogP contribution in [0.5, 0.6) is 0 Å². The molecule has 0 aromatic heterocycles. The molecule has 0 bridgehead atoms. The Kier molecular flexibility index (Phi) is 8.18. The van der Waals surface area contributed by atoms with Crippen LogP contribution in [-0.4, -0.2) is 63.6 Å². The Morgan fingerprint density at radius 1 is 0.769 bits per heavy atom. The van der Waals surface area contributed by atoms with Gasteiger partial charge in [-0.3, -0.25) is 0 Å². The van der Waals surface area contributed by atoms with Crippen molar-refractivity contribution < 1.29 is 77.8 Å². The van der Waals surface area contributed by atoms with Crippen molar-refractivity contribution in [1.29, 1.82) is 0 Å². The van der Waals surface area contributed by atoms with E-state index < -0.39 is 62.4 Å². The molecule has 4 atom stereocenters. The van der Waals surface area contributed by atoms with Gasteiger partial charge in [0.05, 0.1) is 6.61 Å². The molecule has 1 aliphatic heterocycles. The van der Waals surface area contributed by atoms with Gasteiger partial charge in [0.1, 0.15) is 12.2 Å². The van der Waals surface area contributed by atoms with Crippen LogP contribution in [0, 0.1) is 0 Å². The number of hydrogen-bond donors (Lipinski definition) is 3. The van der Waals surface area contributed by atoms with E-state index in [1.165, 1.54) is 0 Å². The second-order valence-corrected chi connectivity index (χ2v) is 8.01. The van der Waals surface area contributed by atoms with E-state index in [4.69, 9.17) is 9.47 Å². The zero-order valence-corrected chi connectivity index (χ0v) is 15.5. The largest absolute Gasteiger partial charge is 0.444 e. The second kappa shape index (κ2) is 9.07. The Morgan fingerprint density at radius 2 is 1.19 bits per heavy atom. The SMILES string of the molecule is CO[C@@H]1OC[C@@H](OS(=O)(=O)O[NH3+])[C@H](OS(=O)(=O)O[NH3+])[C@H]1OS(=O)(=O)O[NH3+]. The molecule has 0 radical (unpaired) electrons. The Labute approximate surface area is 147 Å². The van der Waals surface area contributed by atoms with Gasteiger partial charge in [-0.1, -0.05) is 12.9 Å². The zero-order valence-electron chi connectivity index (χ0n) is 13.1. The van der Waals surface area contributed by atoms with E-state index >= 15 is 0 Å². The minimum atomic E-state index is -4.83. The maximum absolute atomic E-state index is 11.5. The summed E-state index contributed by atoms with van der Waals surface area (Å²) in [5, 5.41) is 0. The van der Waals surface area contributed by atoms with Crippen molar-refractivity contribution >= 4 is 31.2 Å². The van der Waals surface area contributed by atoms with Crippen LogP contribution in [0.25, 0.3) is 0 Å². The third-order valence-corrected chi connectivity index (χ3v) is 5.01. The highest BCUT2D eigenvalue weighted by Gasteiger charge is 2.50. The summed E-state index contributed by atoms with van der Waals surface area (Å²) in [7, 11) is -13.3. The molecule has 0 aliphatic carbocycles. The maximum atomic E-state index is 11.5. The number of ether oxygens (including phenoxy) is 2. The van der Waals surface area contributed by atoms with Crippen molar-refractivity contribution in [2.75, 3.05) is 13.7 Å². The van der Waals surface area contributed by atoms with Gasteiger partial charge in [0, 0.05) is 7.11 Å². The van der Waals surface area contributed by atoms with Crippen LogP contribution in [0.4, 0.5) is 0 Å². The lowest BCUT2D eigenvalue weighted by Crippen LogP contribution is -2.61. The van der Waals surface area contributed by atoms with Crippen molar-refractivity contribution in [2.45, 2.75) is 24.6 Å². The quantitative estimate of drug-likeness (QED) is 0.260. The molecule has 0 aromatic carbocycles. The topological polar surface area (TPSA) is 259 Å². The highest BCUT2D eigenvalue weighted by atomic mass is 32.3. The fourth-order valence-corrected chi connectivity index (χ4v) is 3.37. The fraction of sp³-hybridized carbons (Fsp3) is 1.00. The summed E-state index contributed by atoms with van der Waals surface area (Å²) in [4.78, 5) is 0. The molecule has 26 heavy (non-hydrogen) atoms. The first-order valence-corrected chi connectivity index (χ1v) is 10.1. The number of methoxy groups -OCH3 is 1. The van der Waals surface area contributed by atoms with Gasteiger partial charge >= 0.3 is 31.2 Å². The van der Waals surface area contributed by atoms with Gasteiger partial charge in [0.15, 0.2) is 12.4 Å². The molecule has 0 amide bonds. The van der Waals surface area contributed by atoms with E-state index in [1.54, 1.807) is 0 Å². The number of quaternary nitrogens is 3. The lowest BCUT2D eigenvalue weighted by molar-refractivity contribution is -0.638. The molecule has 1 heterocycles.